The number of imide groups is 1. The van der Waals surface area contributed by atoms with E-state index in [1.54, 1.807) is 18.2 Å². The van der Waals surface area contributed by atoms with Gasteiger partial charge in [0.1, 0.15) is 6.04 Å². The lowest BCUT2D eigenvalue weighted by atomic mass is 9.85. The smallest absolute Gasteiger partial charge is 0.329 e. The molecule has 1 N–H and O–H groups in total. The average molecular weight is 395 g/mol. The molecule has 0 aromatic heterocycles. The summed E-state index contributed by atoms with van der Waals surface area (Å²) in [5.41, 5.74) is 0.773. The summed E-state index contributed by atoms with van der Waals surface area (Å²) < 4.78 is 5.19. The van der Waals surface area contributed by atoms with Crippen molar-refractivity contribution in [3.8, 4) is 6.07 Å². The number of ether oxygens (including phenoxy) is 1. The number of amides is 3. The van der Waals surface area contributed by atoms with Crippen LogP contribution in [0.3, 0.4) is 0 Å². The first-order chi connectivity index (χ1) is 13.8. The molecule has 1 aromatic carbocycles. The number of hydrogen-bond acceptors (Lipinski definition) is 6. The lowest BCUT2D eigenvalue weighted by Crippen LogP contribution is -2.46. The van der Waals surface area contributed by atoms with E-state index in [0.29, 0.717) is 24.1 Å². The van der Waals surface area contributed by atoms with Crippen molar-refractivity contribution in [1.82, 2.24) is 4.90 Å². The lowest BCUT2D eigenvalue weighted by molar-refractivity contribution is -0.163. The van der Waals surface area contributed by atoms with Gasteiger partial charge in [-0.3, -0.25) is 19.3 Å². The number of benzene rings is 1. The summed E-state index contributed by atoms with van der Waals surface area (Å²) in [6.07, 6.45) is 3.55. The first kappa shape index (κ1) is 20.3. The fraction of sp³-hybridized carbons (Fsp3) is 0.381. The molecule has 3 amide bonds. The number of allylic oxidation sites excluding steroid dienone is 2. The number of carbonyl (C=O) groups is 4. The van der Waals surface area contributed by atoms with Crippen LogP contribution in [-0.2, 0) is 23.9 Å². The number of likely N-dealkylation sites (tertiary alicyclic amines) is 1. The van der Waals surface area contributed by atoms with E-state index in [0.717, 1.165) is 4.90 Å². The number of esters is 1. The van der Waals surface area contributed by atoms with Gasteiger partial charge in [0, 0.05) is 5.69 Å². The molecule has 0 saturated carbocycles. The van der Waals surface area contributed by atoms with Crippen molar-refractivity contribution >= 4 is 29.4 Å². The Morgan fingerprint density at radius 1 is 1.17 bits per heavy atom. The van der Waals surface area contributed by atoms with E-state index in [1.165, 1.54) is 19.9 Å². The monoisotopic (exact) mass is 395 g/mol. The van der Waals surface area contributed by atoms with Gasteiger partial charge in [0.15, 0.2) is 6.10 Å². The predicted octanol–water partition coefficient (Wildman–Crippen LogP) is 1.77. The highest BCUT2D eigenvalue weighted by Crippen LogP contribution is 2.36. The van der Waals surface area contributed by atoms with E-state index in [1.807, 2.05) is 18.2 Å². The third-order valence-corrected chi connectivity index (χ3v) is 5.19. The third-order valence-electron chi connectivity index (χ3n) is 5.19. The Labute approximate surface area is 168 Å². The van der Waals surface area contributed by atoms with Crippen LogP contribution in [0.15, 0.2) is 36.4 Å². The maximum absolute atomic E-state index is 12.6. The highest BCUT2D eigenvalue weighted by molar-refractivity contribution is 6.08. The summed E-state index contributed by atoms with van der Waals surface area (Å²) in [6.45, 7) is 2.81. The number of rotatable bonds is 5. The number of nitrogens with one attached hydrogen (secondary N) is 1. The van der Waals surface area contributed by atoms with Crippen LogP contribution in [0.25, 0.3) is 0 Å². The first-order valence-corrected chi connectivity index (χ1v) is 9.37. The van der Waals surface area contributed by atoms with Crippen LogP contribution in [0.2, 0.25) is 0 Å². The second-order valence-corrected chi connectivity index (χ2v) is 7.14. The molecule has 1 fully saturated rings. The van der Waals surface area contributed by atoms with Gasteiger partial charge >= 0.3 is 5.97 Å². The molecule has 0 unspecified atom stereocenters. The van der Waals surface area contributed by atoms with E-state index in [9.17, 15) is 19.2 Å². The quantitative estimate of drug-likeness (QED) is 0.461. The third kappa shape index (κ3) is 4.04. The van der Waals surface area contributed by atoms with Gasteiger partial charge in [-0.1, -0.05) is 18.2 Å². The van der Waals surface area contributed by atoms with Gasteiger partial charge in [0.2, 0.25) is 11.8 Å². The lowest BCUT2D eigenvalue weighted by Gasteiger charge is -2.23. The Morgan fingerprint density at radius 3 is 2.38 bits per heavy atom. The number of anilines is 1. The molecule has 0 spiro atoms. The molecule has 3 rings (SSSR count). The van der Waals surface area contributed by atoms with Crippen molar-refractivity contribution in [2.75, 3.05) is 5.32 Å². The van der Waals surface area contributed by atoms with Gasteiger partial charge in [0.25, 0.3) is 5.91 Å². The molecule has 1 aliphatic heterocycles. The molecule has 1 saturated heterocycles. The predicted molar refractivity (Wildman–Crippen MR) is 102 cm³/mol. The van der Waals surface area contributed by atoms with Crippen molar-refractivity contribution in [1.29, 1.82) is 5.26 Å². The van der Waals surface area contributed by atoms with E-state index < -0.39 is 35.9 Å². The van der Waals surface area contributed by atoms with Gasteiger partial charge < -0.3 is 10.1 Å². The Bertz CT molecular complexity index is 906. The highest BCUT2D eigenvalue weighted by Gasteiger charge is 2.50. The maximum atomic E-state index is 12.6. The number of nitrogens with zero attached hydrogens (tertiary/aromatic N) is 2. The Hall–Kier alpha value is -3.47. The SMILES string of the molecule is C[C@@H](OC(=O)[C@H](C)N1C(=O)[C@H]2CC=CC[C@@H]2C1=O)C(=O)Nc1cccc(C#N)c1. The molecule has 1 heterocycles. The van der Waals surface area contributed by atoms with E-state index in [2.05, 4.69) is 5.32 Å². The number of nitriles is 1. The molecule has 0 bridgehead atoms. The number of hydrogen-bond donors (Lipinski definition) is 1. The van der Waals surface area contributed by atoms with Crippen LogP contribution >= 0.6 is 0 Å². The second kappa shape index (κ2) is 8.27. The Morgan fingerprint density at radius 2 is 1.79 bits per heavy atom. The van der Waals surface area contributed by atoms with Crippen molar-refractivity contribution in [2.45, 2.75) is 38.8 Å². The minimum absolute atomic E-state index is 0.376. The molecule has 4 atom stereocenters. The molecule has 8 heteroatoms. The van der Waals surface area contributed by atoms with Crippen LogP contribution in [0, 0.1) is 23.2 Å². The van der Waals surface area contributed by atoms with Crippen molar-refractivity contribution in [3.63, 3.8) is 0 Å². The van der Waals surface area contributed by atoms with Crippen LogP contribution in [0.4, 0.5) is 5.69 Å². The molecule has 1 aromatic rings. The second-order valence-electron chi connectivity index (χ2n) is 7.14. The van der Waals surface area contributed by atoms with E-state index in [-0.39, 0.29) is 11.8 Å². The largest absolute Gasteiger partial charge is 0.451 e. The van der Waals surface area contributed by atoms with E-state index in [4.69, 9.17) is 10.00 Å². The van der Waals surface area contributed by atoms with Gasteiger partial charge in [-0.15, -0.1) is 0 Å². The summed E-state index contributed by atoms with van der Waals surface area (Å²) in [7, 11) is 0. The summed E-state index contributed by atoms with van der Waals surface area (Å²) in [6, 6.07) is 7.16. The fourth-order valence-electron chi connectivity index (χ4n) is 3.55. The van der Waals surface area contributed by atoms with Gasteiger partial charge in [-0.25, -0.2) is 4.79 Å². The topological polar surface area (TPSA) is 117 Å². The van der Waals surface area contributed by atoms with Gasteiger partial charge in [0.05, 0.1) is 23.5 Å². The zero-order valence-corrected chi connectivity index (χ0v) is 16.1. The van der Waals surface area contributed by atoms with E-state index >= 15 is 0 Å². The minimum atomic E-state index is -1.15. The van der Waals surface area contributed by atoms with Crippen LogP contribution in [0.5, 0.6) is 0 Å². The normalized spacial score (nSPS) is 22.4. The van der Waals surface area contributed by atoms with Gasteiger partial charge in [-0.2, -0.15) is 5.26 Å². The molecule has 29 heavy (non-hydrogen) atoms. The van der Waals surface area contributed by atoms with Crippen LogP contribution in [-0.4, -0.2) is 40.7 Å². The maximum Gasteiger partial charge on any atom is 0.329 e. The number of carbonyl (C=O) groups excluding carboxylic acids is 4. The molecule has 150 valence electrons. The zero-order chi connectivity index (χ0) is 21.1. The van der Waals surface area contributed by atoms with Crippen molar-refractivity contribution < 1.29 is 23.9 Å². The summed E-state index contributed by atoms with van der Waals surface area (Å²) >= 11 is 0. The molecular formula is C21H21N3O5. The van der Waals surface area contributed by atoms with Crippen molar-refractivity contribution in [3.05, 3.63) is 42.0 Å². The zero-order valence-electron chi connectivity index (χ0n) is 16.1. The Kier molecular flexibility index (Phi) is 5.78. The molecule has 8 nitrogen and oxygen atoms in total. The first-order valence-electron chi connectivity index (χ1n) is 9.37. The van der Waals surface area contributed by atoms with Crippen LogP contribution in [0.1, 0.15) is 32.3 Å². The molecule has 2 aliphatic rings. The summed E-state index contributed by atoms with van der Waals surface area (Å²) in [5, 5.41) is 11.5. The molecular weight excluding hydrogens is 374 g/mol. The van der Waals surface area contributed by atoms with Crippen molar-refractivity contribution in [2.24, 2.45) is 11.8 Å². The average Bonchev–Trinajstić information content (AvgIpc) is 2.98. The van der Waals surface area contributed by atoms with Crippen LogP contribution < -0.4 is 5.32 Å². The minimum Gasteiger partial charge on any atom is -0.451 e. The standard InChI is InChI=1S/C21H21N3O5/c1-12(24-19(26)16-8-3-4-9-17(16)20(24)27)21(28)29-13(2)18(25)23-15-7-5-6-14(10-15)11-22/h3-7,10,12-13,16-17H,8-9H2,1-2H3,(H,23,25)/t12-,13+,16-,17-/m0/s1. The summed E-state index contributed by atoms with van der Waals surface area (Å²) in [4.78, 5) is 50.9. The molecule has 0 radical (unpaired) electrons. The fourth-order valence-corrected chi connectivity index (χ4v) is 3.55. The van der Waals surface area contributed by atoms with Gasteiger partial charge in [-0.05, 0) is 44.9 Å². The highest BCUT2D eigenvalue weighted by atomic mass is 16.5. The number of fused-ring (bicyclic) bond motifs is 1. The Balaban J connectivity index is 1.61. The summed E-state index contributed by atoms with van der Waals surface area (Å²) in [5.74, 6) is -3.03. The molecule has 1 aliphatic carbocycles.